The van der Waals surface area contributed by atoms with Crippen molar-refractivity contribution in [2.45, 2.75) is 32.2 Å². The molecule has 1 fully saturated rings. The van der Waals surface area contributed by atoms with Crippen molar-refractivity contribution in [2.24, 2.45) is 10.7 Å². The van der Waals surface area contributed by atoms with Gasteiger partial charge >= 0.3 is 0 Å². The highest BCUT2D eigenvalue weighted by atomic mass is 35.5. The molecule has 172 valence electrons. The fraction of sp³-hybridized carbons (Fsp3) is 0.304. The first kappa shape index (κ1) is 24.4. The topological polar surface area (TPSA) is 101 Å². The Bertz CT molecular complexity index is 1130. The SMILES string of the molecule is CCC(=O)N1CCC(N=C(C(=O)Nc2ncc(C#Cc3cccs3)cc2F)C(Cl)=CN)CC1. The second kappa shape index (κ2) is 11.6. The first-order valence-electron chi connectivity index (χ1n) is 10.4. The molecule has 1 aliphatic heterocycles. The third kappa shape index (κ3) is 6.63. The molecular formula is C23H23ClFN5O2S. The summed E-state index contributed by atoms with van der Waals surface area (Å²) in [6.45, 7) is 2.91. The number of aliphatic imine (C=N–C) groups is 1. The summed E-state index contributed by atoms with van der Waals surface area (Å²) in [5.74, 6) is 4.11. The van der Waals surface area contributed by atoms with Gasteiger partial charge in [0, 0.05) is 37.5 Å². The molecule has 3 heterocycles. The maximum absolute atomic E-state index is 14.5. The Labute approximate surface area is 200 Å². The molecule has 2 aromatic heterocycles. The average Bonchev–Trinajstić information content (AvgIpc) is 3.35. The van der Waals surface area contributed by atoms with Crippen molar-refractivity contribution < 1.29 is 14.0 Å². The van der Waals surface area contributed by atoms with E-state index in [9.17, 15) is 14.0 Å². The van der Waals surface area contributed by atoms with Gasteiger partial charge in [-0.1, -0.05) is 36.4 Å². The molecule has 1 saturated heterocycles. The van der Waals surface area contributed by atoms with E-state index >= 15 is 0 Å². The van der Waals surface area contributed by atoms with Crippen LogP contribution in [0, 0.1) is 17.7 Å². The number of rotatable bonds is 5. The summed E-state index contributed by atoms with van der Waals surface area (Å²) in [4.78, 5) is 35.7. The molecule has 2 amide bonds. The van der Waals surface area contributed by atoms with Gasteiger partial charge in [-0.3, -0.25) is 14.6 Å². The summed E-state index contributed by atoms with van der Waals surface area (Å²) >= 11 is 7.59. The highest BCUT2D eigenvalue weighted by Gasteiger charge is 2.24. The molecule has 0 radical (unpaired) electrons. The number of nitrogens with zero attached hydrogens (tertiary/aromatic N) is 3. The number of carbonyl (C=O) groups excluding carboxylic acids is 2. The molecule has 3 rings (SSSR count). The van der Waals surface area contributed by atoms with Crippen LogP contribution in [-0.2, 0) is 9.59 Å². The monoisotopic (exact) mass is 487 g/mol. The first-order chi connectivity index (χ1) is 15.9. The van der Waals surface area contributed by atoms with Crippen molar-refractivity contribution in [3.63, 3.8) is 0 Å². The highest BCUT2D eigenvalue weighted by molar-refractivity contribution is 7.10. The van der Waals surface area contributed by atoms with E-state index in [4.69, 9.17) is 17.3 Å². The molecule has 2 aromatic rings. The normalized spacial score (nSPS) is 15.1. The van der Waals surface area contributed by atoms with Crippen LogP contribution in [0.25, 0.3) is 0 Å². The van der Waals surface area contributed by atoms with Gasteiger partial charge in [0.25, 0.3) is 5.91 Å². The Morgan fingerprint density at radius 3 is 2.79 bits per heavy atom. The molecule has 7 nitrogen and oxygen atoms in total. The lowest BCUT2D eigenvalue weighted by atomic mass is 10.0. The smallest absolute Gasteiger partial charge is 0.276 e. The van der Waals surface area contributed by atoms with E-state index < -0.39 is 11.7 Å². The maximum atomic E-state index is 14.5. The number of nitrogens with one attached hydrogen (secondary N) is 1. The van der Waals surface area contributed by atoms with E-state index in [-0.39, 0.29) is 28.5 Å². The predicted molar refractivity (Wildman–Crippen MR) is 129 cm³/mol. The van der Waals surface area contributed by atoms with E-state index in [0.29, 0.717) is 37.9 Å². The van der Waals surface area contributed by atoms with Crippen molar-refractivity contribution in [3.8, 4) is 11.8 Å². The van der Waals surface area contributed by atoms with Gasteiger partial charge in [0.1, 0.15) is 5.71 Å². The zero-order chi connectivity index (χ0) is 23.8. The predicted octanol–water partition coefficient (Wildman–Crippen LogP) is 3.50. The van der Waals surface area contributed by atoms with Gasteiger partial charge in [0.2, 0.25) is 5.91 Å². The standard InChI is InChI=1S/C23H23ClFN5O2S/c1-2-20(31)30-9-7-16(8-10-30)28-21(18(24)13-26)23(32)29-22-19(25)12-15(14-27-22)5-6-17-4-3-11-33-17/h3-4,11-14,16H,2,7-10,26H2,1H3,(H,27,29,32). The van der Waals surface area contributed by atoms with Crippen molar-refractivity contribution >= 4 is 46.3 Å². The van der Waals surface area contributed by atoms with Gasteiger partial charge in [0.05, 0.1) is 16.0 Å². The number of likely N-dealkylation sites (tertiary alicyclic amines) is 1. The van der Waals surface area contributed by atoms with Gasteiger partial charge < -0.3 is 16.0 Å². The van der Waals surface area contributed by atoms with Crippen LogP contribution in [0.2, 0.25) is 0 Å². The quantitative estimate of drug-likeness (QED) is 0.498. The number of nitrogens with two attached hydrogens (primary N) is 1. The third-order valence-corrected chi connectivity index (χ3v) is 6.03. The van der Waals surface area contributed by atoms with Crippen LogP contribution >= 0.6 is 22.9 Å². The Morgan fingerprint density at radius 2 is 2.18 bits per heavy atom. The van der Waals surface area contributed by atoms with Crippen molar-refractivity contribution in [2.75, 3.05) is 18.4 Å². The molecule has 1 aliphatic rings. The lowest BCUT2D eigenvalue weighted by molar-refractivity contribution is -0.131. The fourth-order valence-electron chi connectivity index (χ4n) is 3.21. The number of amides is 2. The van der Waals surface area contributed by atoms with Crippen LogP contribution < -0.4 is 11.1 Å². The Morgan fingerprint density at radius 1 is 1.42 bits per heavy atom. The van der Waals surface area contributed by atoms with E-state index in [1.54, 1.807) is 4.90 Å². The number of hydrogen-bond acceptors (Lipinski definition) is 6. The molecule has 0 unspecified atom stereocenters. The van der Waals surface area contributed by atoms with E-state index in [1.165, 1.54) is 23.6 Å². The molecule has 0 aromatic carbocycles. The van der Waals surface area contributed by atoms with Gasteiger partial charge in [0.15, 0.2) is 11.6 Å². The minimum Gasteiger partial charge on any atom is -0.403 e. The van der Waals surface area contributed by atoms with Gasteiger partial charge in [-0.25, -0.2) is 9.37 Å². The summed E-state index contributed by atoms with van der Waals surface area (Å²) in [5.41, 5.74) is 5.77. The van der Waals surface area contributed by atoms with Crippen LogP contribution in [0.3, 0.4) is 0 Å². The number of pyridine rings is 1. The molecule has 0 saturated carbocycles. The third-order valence-electron chi connectivity index (χ3n) is 4.94. The summed E-state index contributed by atoms with van der Waals surface area (Å²) in [6, 6.07) is 4.71. The van der Waals surface area contributed by atoms with E-state index in [1.807, 2.05) is 24.4 Å². The van der Waals surface area contributed by atoms with Crippen molar-refractivity contribution in [1.29, 1.82) is 0 Å². The minimum atomic E-state index is -0.736. The summed E-state index contributed by atoms with van der Waals surface area (Å²) in [5, 5.41) is 4.24. The number of aromatic nitrogens is 1. The van der Waals surface area contributed by atoms with E-state index in [0.717, 1.165) is 11.1 Å². The van der Waals surface area contributed by atoms with Crippen LogP contribution in [0.4, 0.5) is 10.2 Å². The van der Waals surface area contributed by atoms with E-state index in [2.05, 4.69) is 27.1 Å². The van der Waals surface area contributed by atoms with Crippen LogP contribution in [0.1, 0.15) is 36.6 Å². The summed E-state index contributed by atoms with van der Waals surface area (Å²) < 4.78 is 14.5. The number of thiophene rings is 1. The molecule has 33 heavy (non-hydrogen) atoms. The van der Waals surface area contributed by atoms with Crippen LogP contribution in [-0.4, -0.2) is 46.5 Å². The fourth-order valence-corrected chi connectivity index (χ4v) is 3.91. The number of anilines is 1. The van der Waals surface area contributed by atoms with Gasteiger partial charge in [-0.15, -0.1) is 11.3 Å². The number of piperidine rings is 1. The molecule has 10 heteroatoms. The van der Waals surface area contributed by atoms with Gasteiger partial charge in [-0.05, 0) is 30.4 Å². The zero-order valence-corrected chi connectivity index (χ0v) is 19.5. The Kier molecular flexibility index (Phi) is 8.58. The first-order valence-corrected chi connectivity index (χ1v) is 11.6. The van der Waals surface area contributed by atoms with Crippen molar-refractivity contribution in [1.82, 2.24) is 9.88 Å². The average molecular weight is 488 g/mol. The van der Waals surface area contributed by atoms with Crippen molar-refractivity contribution in [3.05, 3.63) is 57.3 Å². The van der Waals surface area contributed by atoms with Gasteiger partial charge in [-0.2, -0.15) is 0 Å². The lowest BCUT2D eigenvalue weighted by Crippen LogP contribution is -2.40. The minimum absolute atomic E-state index is 0.0570. The second-order valence-corrected chi connectivity index (χ2v) is 8.55. The summed E-state index contributed by atoms with van der Waals surface area (Å²) in [7, 11) is 0. The second-order valence-electron chi connectivity index (χ2n) is 7.19. The molecule has 0 aliphatic carbocycles. The molecular weight excluding hydrogens is 465 g/mol. The zero-order valence-electron chi connectivity index (χ0n) is 18.0. The lowest BCUT2D eigenvalue weighted by Gasteiger charge is -2.30. The number of carbonyl (C=O) groups is 2. The van der Waals surface area contributed by atoms with Crippen LogP contribution in [0.5, 0.6) is 0 Å². The largest absolute Gasteiger partial charge is 0.403 e. The molecule has 0 atom stereocenters. The maximum Gasteiger partial charge on any atom is 0.276 e. The molecule has 0 bridgehead atoms. The summed E-state index contributed by atoms with van der Waals surface area (Å²) in [6.07, 6.45) is 4.04. The van der Waals surface area contributed by atoms with Crippen LogP contribution in [0.15, 0.2) is 46.0 Å². The highest BCUT2D eigenvalue weighted by Crippen LogP contribution is 2.18. The molecule has 3 N–H and O–H groups in total. The Balaban J connectivity index is 1.71. The number of hydrogen-bond donors (Lipinski definition) is 2. The Hall–Kier alpha value is -3.22. The molecule has 0 spiro atoms. The number of halogens is 2.